The lowest BCUT2D eigenvalue weighted by atomic mass is 9.81. The Labute approximate surface area is 174 Å². The summed E-state index contributed by atoms with van der Waals surface area (Å²) in [5, 5.41) is 0. The summed E-state index contributed by atoms with van der Waals surface area (Å²) in [7, 11) is -1.84. The summed E-state index contributed by atoms with van der Waals surface area (Å²) >= 11 is 0. The summed E-state index contributed by atoms with van der Waals surface area (Å²) in [6, 6.07) is 18.2. The van der Waals surface area contributed by atoms with Gasteiger partial charge in [0, 0.05) is 0 Å². The maximum absolute atomic E-state index is 12.9. The number of benzene rings is 2. The van der Waals surface area contributed by atoms with Crippen LogP contribution >= 0.6 is 0 Å². The van der Waals surface area contributed by atoms with Crippen LogP contribution in [0.2, 0.25) is 0 Å². The van der Waals surface area contributed by atoms with Crippen LogP contribution in [0.1, 0.15) is 37.2 Å². The van der Waals surface area contributed by atoms with Crippen molar-refractivity contribution < 1.29 is 18.1 Å². The minimum atomic E-state index is -3.42. The molecule has 0 spiro atoms. The first-order chi connectivity index (χ1) is 14.1. The van der Waals surface area contributed by atoms with Crippen molar-refractivity contribution in [2.75, 3.05) is 33.3 Å². The van der Waals surface area contributed by atoms with Gasteiger partial charge in [-0.2, -0.15) is 4.31 Å². The van der Waals surface area contributed by atoms with E-state index in [9.17, 15) is 8.42 Å². The zero-order valence-corrected chi connectivity index (χ0v) is 17.9. The molecule has 4 rings (SSSR count). The number of sulfonamides is 1. The number of hydrogen-bond donors (Lipinski definition) is 1. The Hall–Kier alpha value is -1.89. The van der Waals surface area contributed by atoms with Gasteiger partial charge in [0.05, 0.1) is 44.2 Å². The lowest BCUT2D eigenvalue weighted by molar-refractivity contribution is -0.930. The molecule has 2 aliphatic rings. The van der Waals surface area contributed by atoms with E-state index in [0.29, 0.717) is 35.7 Å². The Kier molecular flexibility index (Phi) is 6.23. The average Bonchev–Trinajstić information content (AvgIpc) is 2.80. The van der Waals surface area contributed by atoms with Crippen molar-refractivity contribution in [3.63, 3.8) is 0 Å². The highest BCUT2D eigenvalue weighted by Crippen LogP contribution is 2.32. The molecule has 0 radical (unpaired) electrons. The maximum atomic E-state index is 12.9. The number of piperazine rings is 1. The molecule has 0 amide bonds. The molecule has 1 N–H and O–H groups in total. The van der Waals surface area contributed by atoms with Gasteiger partial charge in [-0.05, 0) is 61.4 Å². The van der Waals surface area contributed by atoms with Crippen molar-refractivity contribution in [1.29, 1.82) is 0 Å². The fourth-order valence-electron chi connectivity index (χ4n) is 4.88. The Morgan fingerprint density at radius 3 is 2.10 bits per heavy atom. The van der Waals surface area contributed by atoms with Gasteiger partial charge in [0.15, 0.2) is 0 Å². The van der Waals surface area contributed by atoms with Gasteiger partial charge in [0.1, 0.15) is 5.75 Å². The fraction of sp³-hybridized carbons (Fsp3) is 0.478. The highest BCUT2D eigenvalue weighted by atomic mass is 32.2. The van der Waals surface area contributed by atoms with Crippen molar-refractivity contribution in [3.05, 3.63) is 60.2 Å². The van der Waals surface area contributed by atoms with Gasteiger partial charge in [-0.15, -0.1) is 0 Å². The highest BCUT2D eigenvalue weighted by molar-refractivity contribution is 7.89. The molecule has 1 saturated carbocycles. The van der Waals surface area contributed by atoms with E-state index in [4.69, 9.17) is 4.74 Å². The number of nitrogens with one attached hydrogen (secondary N) is 1. The van der Waals surface area contributed by atoms with E-state index < -0.39 is 10.0 Å². The van der Waals surface area contributed by atoms with E-state index in [-0.39, 0.29) is 0 Å². The Balaban J connectivity index is 1.31. The van der Waals surface area contributed by atoms with Gasteiger partial charge >= 0.3 is 0 Å². The molecule has 1 saturated heterocycles. The molecule has 2 aromatic rings. The monoisotopic (exact) mass is 415 g/mol. The first-order valence-electron chi connectivity index (χ1n) is 10.6. The third-order valence-electron chi connectivity index (χ3n) is 6.64. The molecule has 0 unspecified atom stereocenters. The summed E-state index contributed by atoms with van der Waals surface area (Å²) in [4.78, 5) is 1.93. The molecule has 1 heterocycles. The minimum absolute atomic E-state index is 0.352. The molecular weight excluding hydrogens is 384 g/mol. The number of quaternary nitrogens is 1. The van der Waals surface area contributed by atoms with Crippen LogP contribution in [0.3, 0.4) is 0 Å². The van der Waals surface area contributed by atoms with Crippen LogP contribution in [0.5, 0.6) is 5.75 Å². The quantitative estimate of drug-likeness (QED) is 0.815. The van der Waals surface area contributed by atoms with Gasteiger partial charge in [0.2, 0.25) is 10.0 Å². The number of methoxy groups -OCH3 is 1. The summed E-state index contributed by atoms with van der Waals surface area (Å²) in [6.45, 7) is 3.00. The number of rotatable bonds is 5. The summed E-state index contributed by atoms with van der Waals surface area (Å²) in [5.74, 6) is 1.35. The van der Waals surface area contributed by atoms with Gasteiger partial charge in [-0.25, -0.2) is 8.42 Å². The summed E-state index contributed by atoms with van der Waals surface area (Å²) in [6.07, 6.45) is 4.96. The van der Waals surface area contributed by atoms with Gasteiger partial charge in [-0.3, -0.25) is 0 Å². The Morgan fingerprint density at radius 1 is 0.897 bits per heavy atom. The molecule has 156 valence electrons. The van der Waals surface area contributed by atoms with Crippen LogP contribution in [0.15, 0.2) is 59.5 Å². The van der Waals surface area contributed by atoms with Gasteiger partial charge in [0.25, 0.3) is 0 Å². The molecule has 2 fully saturated rings. The van der Waals surface area contributed by atoms with Crippen LogP contribution in [-0.4, -0.2) is 52.1 Å². The van der Waals surface area contributed by atoms with Crippen molar-refractivity contribution in [2.45, 2.75) is 42.5 Å². The largest absolute Gasteiger partial charge is 0.497 e. The van der Waals surface area contributed by atoms with Gasteiger partial charge < -0.3 is 9.64 Å². The van der Waals surface area contributed by atoms with E-state index in [1.54, 1.807) is 40.6 Å². The summed E-state index contributed by atoms with van der Waals surface area (Å²) < 4.78 is 32.7. The predicted octanol–water partition coefficient (Wildman–Crippen LogP) is 2.31. The average molecular weight is 416 g/mol. The smallest absolute Gasteiger partial charge is 0.243 e. The molecule has 1 aliphatic heterocycles. The fourth-order valence-corrected chi connectivity index (χ4v) is 6.32. The second-order valence-electron chi connectivity index (χ2n) is 8.20. The molecule has 5 nitrogen and oxygen atoms in total. The van der Waals surface area contributed by atoms with Crippen molar-refractivity contribution in [3.8, 4) is 5.75 Å². The maximum Gasteiger partial charge on any atom is 0.243 e. The third kappa shape index (κ3) is 4.49. The number of nitrogens with zero attached hydrogens (tertiary/aromatic N) is 1. The lowest BCUT2D eigenvalue weighted by Crippen LogP contribution is -3.18. The third-order valence-corrected chi connectivity index (χ3v) is 8.55. The van der Waals surface area contributed by atoms with Crippen molar-refractivity contribution in [2.24, 2.45) is 0 Å². The number of ether oxygens (including phenoxy) is 1. The van der Waals surface area contributed by atoms with Crippen molar-refractivity contribution in [1.82, 2.24) is 4.31 Å². The van der Waals surface area contributed by atoms with E-state index in [1.165, 1.54) is 31.2 Å². The zero-order chi connectivity index (χ0) is 20.3. The summed E-state index contributed by atoms with van der Waals surface area (Å²) in [5.41, 5.74) is 1.47. The molecular formula is C23H31N2O3S+. The lowest BCUT2D eigenvalue weighted by Gasteiger charge is -2.39. The zero-order valence-electron chi connectivity index (χ0n) is 17.1. The second kappa shape index (κ2) is 8.86. The van der Waals surface area contributed by atoms with Crippen LogP contribution < -0.4 is 9.64 Å². The molecule has 0 atom stereocenters. The van der Waals surface area contributed by atoms with Crippen LogP contribution in [0, 0.1) is 0 Å². The number of hydrogen-bond acceptors (Lipinski definition) is 3. The van der Waals surface area contributed by atoms with E-state index in [2.05, 4.69) is 30.3 Å². The standard InChI is InChI=1S/C23H30N2O3S/c1-28-22-11-13-23(14-12-22)29(26,27)25-17-15-24(16-18-25)21-9-7-20(8-10-21)19-5-3-2-4-6-19/h2-6,11-14,20-21H,7-10,15-18H2,1H3/p+1. The predicted molar refractivity (Wildman–Crippen MR) is 114 cm³/mol. The highest BCUT2D eigenvalue weighted by Gasteiger charge is 2.35. The SMILES string of the molecule is COc1ccc(S(=O)(=O)N2CC[NH+](C3CCC(c4ccccc4)CC3)CC2)cc1. The second-order valence-corrected chi connectivity index (χ2v) is 10.1. The van der Waals surface area contributed by atoms with E-state index in [1.807, 2.05) is 0 Å². The molecule has 6 heteroatoms. The molecule has 1 aliphatic carbocycles. The molecule has 0 aromatic heterocycles. The van der Waals surface area contributed by atoms with Crippen LogP contribution in [0.4, 0.5) is 0 Å². The van der Waals surface area contributed by atoms with Crippen LogP contribution in [0.25, 0.3) is 0 Å². The molecule has 0 bridgehead atoms. The van der Waals surface area contributed by atoms with E-state index >= 15 is 0 Å². The van der Waals surface area contributed by atoms with Crippen LogP contribution in [-0.2, 0) is 10.0 Å². The molecule has 29 heavy (non-hydrogen) atoms. The Bertz CT molecular complexity index is 883. The normalized spacial score (nSPS) is 24.3. The Morgan fingerprint density at radius 2 is 1.52 bits per heavy atom. The van der Waals surface area contributed by atoms with E-state index in [0.717, 1.165) is 13.1 Å². The topological polar surface area (TPSA) is 51.1 Å². The first kappa shape index (κ1) is 20.4. The van der Waals surface area contributed by atoms with Gasteiger partial charge in [-0.1, -0.05) is 30.3 Å². The molecule has 2 aromatic carbocycles. The first-order valence-corrected chi connectivity index (χ1v) is 12.1. The van der Waals surface area contributed by atoms with Crippen molar-refractivity contribution >= 4 is 10.0 Å². The minimum Gasteiger partial charge on any atom is -0.497 e.